The molecule has 52 valence electrons. The largest absolute Gasteiger partial charge is 0.391 e. The zero-order valence-corrected chi connectivity index (χ0v) is 6.07. The van der Waals surface area contributed by atoms with Gasteiger partial charge in [-0.05, 0) is 25.6 Å². The molecule has 0 radical (unpaired) electrons. The molecular weight excluding hydrogens is 112 g/mol. The highest BCUT2D eigenvalue weighted by molar-refractivity contribution is 5.91. The van der Waals surface area contributed by atoms with Gasteiger partial charge >= 0.3 is 0 Å². The van der Waals surface area contributed by atoms with Crippen molar-refractivity contribution in [2.24, 2.45) is 0 Å². The second-order valence-corrected chi connectivity index (χ2v) is 1.77. The number of hydrogen-bond donors (Lipinski definition) is 2. The molecule has 0 saturated carbocycles. The topological polar surface area (TPSA) is 35.9 Å². The molecule has 0 atom stereocenters. The lowest BCUT2D eigenvalue weighted by molar-refractivity contribution is 0.920. The Bertz CT molecular complexity index is 105. The van der Waals surface area contributed by atoms with Gasteiger partial charge in [0.2, 0.25) is 0 Å². The normalized spacial score (nSPS) is 10.0. The lowest BCUT2D eigenvalue weighted by atomic mass is 10.3. The fraction of sp³-hybridized carbons (Fsp3) is 0.571. The molecule has 9 heavy (non-hydrogen) atoms. The average molecular weight is 126 g/mol. The predicted octanol–water partition coefficient (Wildman–Crippen LogP) is 1.54. The molecule has 0 heterocycles. The van der Waals surface area contributed by atoms with Crippen LogP contribution >= 0.6 is 0 Å². The van der Waals surface area contributed by atoms with Gasteiger partial charge in [0.25, 0.3) is 0 Å². The summed E-state index contributed by atoms with van der Waals surface area (Å²) in [6, 6.07) is 0. The molecule has 0 bridgehead atoms. The van der Waals surface area contributed by atoms with Crippen LogP contribution in [0.4, 0.5) is 0 Å². The number of rotatable bonds is 4. The van der Waals surface area contributed by atoms with Gasteiger partial charge in [0, 0.05) is 12.3 Å². The summed E-state index contributed by atoms with van der Waals surface area (Å²) < 4.78 is 0. The van der Waals surface area contributed by atoms with E-state index in [1.165, 1.54) is 0 Å². The average Bonchev–Trinajstić information content (AvgIpc) is 1.89. The van der Waals surface area contributed by atoms with Gasteiger partial charge < -0.3 is 10.7 Å². The first-order valence-corrected chi connectivity index (χ1v) is 3.28. The van der Waals surface area contributed by atoms with Crippen molar-refractivity contribution in [3.63, 3.8) is 0 Å². The summed E-state index contributed by atoms with van der Waals surface area (Å²) in [6.07, 6.45) is 4.40. The fourth-order valence-electron chi connectivity index (χ4n) is 0.395. The van der Waals surface area contributed by atoms with Crippen molar-refractivity contribution in [1.29, 1.82) is 5.41 Å². The van der Waals surface area contributed by atoms with E-state index in [1.807, 2.05) is 20.0 Å². The third kappa shape index (κ3) is 5.07. The van der Waals surface area contributed by atoms with E-state index in [4.69, 9.17) is 5.41 Å². The van der Waals surface area contributed by atoms with Gasteiger partial charge in [0.1, 0.15) is 0 Å². The second kappa shape index (κ2) is 5.35. The summed E-state index contributed by atoms with van der Waals surface area (Å²) in [7, 11) is 0. The van der Waals surface area contributed by atoms with Gasteiger partial charge in [-0.3, -0.25) is 0 Å². The van der Waals surface area contributed by atoms with Crippen molar-refractivity contribution in [1.82, 2.24) is 5.32 Å². The lowest BCUT2D eigenvalue weighted by Gasteiger charge is -1.91. The Labute approximate surface area is 56.5 Å². The van der Waals surface area contributed by atoms with Crippen molar-refractivity contribution in [3.05, 3.63) is 12.3 Å². The first-order chi connectivity index (χ1) is 4.31. The molecule has 0 rings (SSSR count). The molecule has 2 N–H and O–H groups in total. The van der Waals surface area contributed by atoms with E-state index in [0.29, 0.717) is 5.71 Å². The number of nitrogens with one attached hydrogen (secondary N) is 2. The Morgan fingerprint density at radius 2 is 2.22 bits per heavy atom. The van der Waals surface area contributed by atoms with Gasteiger partial charge in [-0.1, -0.05) is 6.92 Å². The third-order valence-electron chi connectivity index (χ3n) is 0.987. The van der Waals surface area contributed by atoms with Crippen molar-refractivity contribution in [2.45, 2.75) is 20.3 Å². The number of hydrogen-bond acceptors (Lipinski definition) is 2. The van der Waals surface area contributed by atoms with Gasteiger partial charge in [0.05, 0.1) is 0 Å². The van der Waals surface area contributed by atoms with Crippen LogP contribution in [0.15, 0.2) is 12.3 Å². The van der Waals surface area contributed by atoms with E-state index in [-0.39, 0.29) is 0 Å². The van der Waals surface area contributed by atoms with Crippen molar-refractivity contribution < 1.29 is 0 Å². The summed E-state index contributed by atoms with van der Waals surface area (Å²) in [5.74, 6) is 0. The van der Waals surface area contributed by atoms with E-state index in [2.05, 4.69) is 5.32 Å². The van der Waals surface area contributed by atoms with Crippen LogP contribution in [0.5, 0.6) is 0 Å². The minimum Gasteiger partial charge on any atom is -0.391 e. The quantitative estimate of drug-likeness (QED) is 0.551. The molecule has 0 spiro atoms. The van der Waals surface area contributed by atoms with Crippen LogP contribution in [0.3, 0.4) is 0 Å². The zero-order valence-electron chi connectivity index (χ0n) is 6.07. The highest BCUT2D eigenvalue weighted by Crippen LogP contribution is 1.81. The standard InChI is InChI=1S/C7H14N2/c1-3-7(8)5-6-9-4-2/h5-6,8-9H,3-4H2,1-2H3/b6-5-,8-7?. The molecule has 0 aromatic rings. The first kappa shape index (κ1) is 8.21. The maximum Gasteiger partial charge on any atom is 0.0325 e. The molecule has 0 aliphatic heterocycles. The lowest BCUT2D eigenvalue weighted by Crippen LogP contribution is -2.02. The van der Waals surface area contributed by atoms with Gasteiger partial charge in [0.15, 0.2) is 0 Å². The Kier molecular flexibility index (Phi) is 4.88. The van der Waals surface area contributed by atoms with E-state index < -0.39 is 0 Å². The summed E-state index contributed by atoms with van der Waals surface area (Å²) >= 11 is 0. The van der Waals surface area contributed by atoms with E-state index >= 15 is 0 Å². The SMILES string of the molecule is CCN/C=C\C(=N)CC. The fourth-order valence-corrected chi connectivity index (χ4v) is 0.395. The minimum absolute atomic E-state index is 0.663. The molecule has 0 saturated heterocycles. The summed E-state index contributed by atoms with van der Waals surface area (Å²) in [5.41, 5.74) is 0.663. The number of allylic oxidation sites excluding steroid dienone is 1. The maximum atomic E-state index is 7.19. The highest BCUT2D eigenvalue weighted by Gasteiger charge is 1.80. The van der Waals surface area contributed by atoms with E-state index in [0.717, 1.165) is 13.0 Å². The highest BCUT2D eigenvalue weighted by atomic mass is 14.8. The Morgan fingerprint density at radius 3 is 2.67 bits per heavy atom. The van der Waals surface area contributed by atoms with Crippen LogP contribution in [-0.2, 0) is 0 Å². The molecule has 0 aliphatic rings. The van der Waals surface area contributed by atoms with E-state index in [1.54, 1.807) is 6.08 Å². The molecule has 0 aliphatic carbocycles. The maximum absolute atomic E-state index is 7.19. The minimum atomic E-state index is 0.663. The smallest absolute Gasteiger partial charge is 0.0325 e. The van der Waals surface area contributed by atoms with Gasteiger partial charge in [-0.15, -0.1) is 0 Å². The Hall–Kier alpha value is -0.790. The third-order valence-corrected chi connectivity index (χ3v) is 0.987. The summed E-state index contributed by atoms with van der Waals surface area (Å²) in [5, 5.41) is 10.2. The second-order valence-electron chi connectivity index (χ2n) is 1.77. The van der Waals surface area contributed by atoms with Gasteiger partial charge in [-0.2, -0.15) is 0 Å². The van der Waals surface area contributed by atoms with Gasteiger partial charge in [-0.25, -0.2) is 0 Å². The summed E-state index contributed by atoms with van der Waals surface area (Å²) in [6.45, 7) is 4.92. The van der Waals surface area contributed by atoms with Crippen molar-refractivity contribution in [3.8, 4) is 0 Å². The molecule has 0 amide bonds. The van der Waals surface area contributed by atoms with Crippen molar-refractivity contribution >= 4 is 5.71 Å². The van der Waals surface area contributed by atoms with Crippen LogP contribution in [-0.4, -0.2) is 12.3 Å². The van der Waals surface area contributed by atoms with Crippen LogP contribution in [0, 0.1) is 5.41 Å². The van der Waals surface area contributed by atoms with Crippen molar-refractivity contribution in [2.75, 3.05) is 6.54 Å². The van der Waals surface area contributed by atoms with E-state index in [9.17, 15) is 0 Å². The Morgan fingerprint density at radius 1 is 1.56 bits per heavy atom. The zero-order chi connectivity index (χ0) is 7.11. The van der Waals surface area contributed by atoms with Crippen LogP contribution < -0.4 is 5.32 Å². The van der Waals surface area contributed by atoms with Crippen LogP contribution in [0.1, 0.15) is 20.3 Å². The Balaban J connectivity index is 3.32. The predicted molar refractivity (Wildman–Crippen MR) is 40.8 cm³/mol. The molecule has 2 heteroatoms. The molecular formula is C7H14N2. The van der Waals surface area contributed by atoms with Crippen LogP contribution in [0.2, 0.25) is 0 Å². The molecule has 0 aromatic carbocycles. The monoisotopic (exact) mass is 126 g/mol. The molecule has 2 nitrogen and oxygen atoms in total. The van der Waals surface area contributed by atoms with Crippen LogP contribution in [0.25, 0.3) is 0 Å². The molecule has 0 aromatic heterocycles. The summed E-state index contributed by atoms with van der Waals surface area (Å²) in [4.78, 5) is 0. The first-order valence-electron chi connectivity index (χ1n) is 3.28. The molecule has 0 fully saturated rings. The molecule has 0 unspecified atom stereocenters.